The number of hydrogen-bond donors (Lipinski definition) is 1. The summed E-state index contributed by atoms with van der Waals surface area (Å²) in [6.07, 6.45) is 0.549. The standard InChI is InChI=1S/C9H17NO2/c1-4-12-8(11)5-7-6-10-9(7,2)3/h7,10H,4-6H2,1-3H3. The van der Waals surface area contributed by atoms with Crippen molar-refractivity contribution in [3.63, 3.8) is 0 Å². The van der Waals surface area contributed by atoms with Gasteiger partial charge in [-0.15, -0.1) is 0 Å². The molecule has 1 saturated heterocycles. The maximum absolute atomic E-state index is 11.1. The van der Waals surface area contributed by atoms with Gasteiger partial charge in [-0.2, -0.15) is 0 Å². The van der Waals surface area contributed by atoms with Crippen molar-refractivity contribution in [3.05, 3.63) is 0 Å². The first kappa shape index (κ1) is 9.52. The second-order valence-corrected chi connectivity index (χ2v) is 3.81. The van der Waals surface area contributed by atoms with Crippen LogP contribution in [0.25, 0.3) is 0 Å². The Kier molecular flexibility index (Phi) is 2.73. The van der Waals surface area contributed by atoms with E-state index in [4.69, 9.17) is 4.74 Å². The zero-order valence-corrected chi connectivity index (χ0v) is 8.02. The van der Waals surface area contributed by atoms with Crippen LogP contribution in [-0.2, 0) is 9.53 Å². The van der Waals surface area contributed by atoms with Gasteiger partial charge in [0.2, 0.25) is 0 Å². The molecule has 1 aliphatic heterocycles. The van der Waals surface area contributed by atoms with E-state index in [1.165, 1.54) is 0 Å². The lowest BCUT2D eigenvalue weighted by molar-refractivity contribution is -0.145. The van der Waals surface area contributed by atoms with Crippen molar-refractivity contribution >= 4 is 5.97 Å². The Morgan fingerprint density at radius 1 is 1.67 bits per heavy atom. The zero-order valence-electron chi connectivity index (χ0n) is 8.02. The quantitative estimate of drug-likeness (QED) is 0.642. The first-order valence-corrected chi connectivity index (χ1v) is 4.47. The highest BCUT2D eigenvalue weighted by Gasteiger charge is 2.39. The van der Waals surface area contributed by atoms with E-state index in [2.05, 4.69) is 19.2 Å². The molecular weight excluding hydrogens is 154 g/mol. The van der Waals surface area contributed by atoms with Crippen molar-refractivity contribution in [3.8, 4) is 0 Å². The molecule has 3 heteroatoms. The van der Waals surface area contributed by atoms with Crippen LogP contribution in [0.3, 0.4) is 0 Å². The molecule has 70 valence electrons. The summed E-state index contributed by atoms with van der Waals surface area (Å²) in [7, 11) is 0. The van der Waals surface area contributed by atoms with Crippen LogP contribution < -0.4 is 5.32 Å². The van der Waals surface area contributed by atoms with Crippen LogP contribution in [0.2, 0.25) is 0 Å². The predicted molar refractivity (Wildman–Crippen MR) is 46.8 cm³/mol. The largest absolute Gasteiger partial charge is 0.466 e. The average Bonchev–Trinajstić information content (AvgIpc) is 1.99. The average molecular weight is 171 g/mol. The summed E-state index contributed by atoms with van der Waals surface area (Å²) in [6.45, 7) is 7.48. The number of hydrogen-bond acceptors (Lipinski definition) is 3. The monoisotopic (exact) mass is 171 g/mol. The van der Waals surface area contributed by atoms with Crippen molar-refractivity contribution in [1.82, 2.24) is 5.32 Å². The molecule has 0 amide bonds. The van der Waals surface area contributed by atoms with E-state index in [0.717, 1.165) is 6.54 Å². The van der Waals surface area contributed by atoms with Crippen molar-refractivity contribution in [2.45, 2.75) is 32.7 Å². The van der Waals surface area contributed by atoms with Crippen LogP contribution in [0.1, 0.15) is 27.2 Å². The molecule has 1 rings (SSSR count). The molecule has 1 atom stereocenters. The molecule has 0 aromatic carbocycles. The van der Waals surface area contributed by atoms with Gasteiger partial charge in [0.15, 0.2) is 0 Å². The summed E-state index contributed by atoms with van der Waals surface area (Å²) in [4.78, 5) is 11.1. The molecular formula is C9H17NO2. The van der Waals surface area contributed by atoms with E-state index in [1.54, 1.807) is 0 Å². The topological polar surface area (TPSA) is 38.3 Å². The Labute approximate surface area is 73.5 Å². The molecule has 0 radical (unpaired) electrons. The molecule has 1 unspecified atom stereocenters. The van der Waals surface area contributed by atoms with Crippen molar-refractivity contribution in [1.29, 1.82) is 0 Å². The Balaban J connectivity index is 2.28. The number of rotatable bonds is 3. The third kappa shape index (κ3) is 1.97. The maximum Gasteiger partial charge on any atom is 0.306 e. The van der Waals surface area contributed by atoms with E-state index in [-0.39, 0.29) is 11.5 Å². The van der Waals surface area contributed by atoms with E-state index < -0.39 is 0 Å². The lowest BCUT2D eigenvalue weighted by Crippen LogP contribution is -2.61. The number of carbonyl (C=O) groups excluding carboxylic acids is 1. The van der Waals surface area contributed by atoms with Gasteiger partial charge in [0.05, 0.1) is 13.0 Å². The molecule has 1 N–H and O–H groups in total. The van der Waals surface area contributed by atoms with Crippen LogP contribution in [-0.4, -0.2) is 24.7 Å². The van der Waals surface area contributed by atoms with Gasteiger partial charge in [-0.25, -0.2) is 0 Å². The van der Waals surface area contributed by atoms with E-state index >= 15 is 0 Å². The molecule has 1 fully saturated rings. The first-order valence-electron chi connectivity index (χ1n) is 4.47. The van der Waals surface area contributed by atoms with Gasteiger partial charge < -0.3 is 10.1 Å². The lowest BCUT2D eigenvalue weighted by atomic mass is 9.78. The van der Waals surface area contributed by atoms with Crippen molar-refractivity contribution in [2.75, 3.05) is 13.2 Å². The van der Waals surface area contributed by atoms with Crippen molar-refractivity contribution in [2.24, 2.45) is 5.92 Å². The Bertz CT molecular complexity index is 177. The van der Waals surface area contributed by atoms with Crippen LogP contribution in [0.4, 0.5) is 0 Å². The SMILES string of the molecule is CCOC(=O)CC1CNC1(C)C. The van der Waals surface area contributed by atoms with Gasteiger partial charge in [0.1, 0.15) is 0 Å². The fourth-order valence-electron chi connectivity index (χ4n) is 1.40. The van der Waals surface area contributed by atoms with Gasteiger partial charge in [0.25, 0.3) is 0 Å². The minimum absolute atomic E-state index is 0.0722. The molecule has 0 aromatic rings. The van der Waals surface area contributed by atoms with E-state index in [9.17, 15) is 4.79 Å². The third-order valence-electron chi connectivity index (χ3n) is 2.54. The molecule has 1 heterocycles. The van der Waals surface area contributed by atoms with Crippen molar-refractivity contribution < 1.29 is 9.53 Å². The van der Waals surface area contributed by atoms with Gasteiger partial charge in [-0.05, 0) is 26.7 Å². The Morgan fingerprint density at radius 3 is 2.67 bits per heavy atom. The Morgan fingerprint density at radius 2 is 2.33 bits per heavy atom. The summed E-state index contributed by atoms with van der Waals surface area (Å²) in [6, 6.07) is 0. The maximum atomic E-state index is 11.1. The highest BCUT2D eigenvalue weighted by Crippen LogP contribution is 2.28. The number of nitrogens with one attached hydrogen (secondary N) is 1. The molecule has 0 saturated carbocycles. The fraction of sp³-hybridized carbons (Fsp3) is 0.889. The third-order valence-corrected chi connectivity index (χ3v) is 2.54. The lowest BCUT2D eigenvalue weighted by Gasteiger charge is -2.45. The zero-order chi connectivity index (χ0) is 9.19. The fourth-order valence-corrected chi connectivity index (χ4v) is 1.40. The smallest absolute Gasteiger partial charge is 0.306 e. The van der Waals surface area contributed by atoms with Gasteiger partial charge in [0, 0.05) is 12.1 Å². The number of carbonyl (C=O) groups is 1. The molecule has 0 aliphatic carbocycles. The summed E-state index contributed by atoms with van der Waals surface area (Å²) in [5.74, 6) is 0.369. The summed E-state index contributed by atoms with van der Waals surface area (Å²) < 4.78 is 4.87. The number of esters is 1. The second-order valence-electron chi connectivity index (χ2n) is 3.81. The van der Waals surface area contributed by atoms with Gasteiger partial charge >= 0.3 is 5.97 Å². The predicted octanol–water partition coefficient (Wildman–Crippen LogP) is 0.938. The van der Waals surface area contributed by atoms with E-state index in [0.29, 0.717) is 18.9 Å². The highest BCUT2D eigenvalue weighted by atomic mass is 16.5. The normalized spacial score (nSPS) is 26.1. The number of ether oxygens (including phenoxy) is 1. The van der Waals surface area contributed by atoms with Crippen LogP contribution in [0.15, 0.2) is 0 Å². The highest BCUT2D eigenvalue weighted by molar-refractivity contribution is 5.70. The molecule has 0 spiro atoms. The molecule has 1 aliphatic rings. The molecule has 0 aromatic heterocycles. The van der Waals surface area contributed by atoms with Gasteiger partial charge in [-0.3, -0.25) is 4.79 Å². The minimum Gasteiger partial charge on any atom is -0.466 e. The first-order chi connectivity index (χ1) is 5.56. The molecule has 3 nitrogen and oxygen atoms in total. The molecule has 12 heavy (non-hydrogen) atoms. The Hall–Kier alpha value is -0.570. The summed E-state index contributed by atoms with van der Waals surface area (Å²) >= 11 is 0. The van der Waals surface area contributed by atoms with Crippen LogP contribution >= 0.6 is 0 Å². The second kappa shape index (κ2) is 3.44. The van der Waals surface area contributed by atoms with E-state index in [1.807, 2.05) is 6.92 Å². The van der Waals surface area contributed by atoms with Crippen LogP contribution in [0, 0.1) is 5.92 Å². The molecule has 0 bridgehead atoms. The van der Waals surface area contributed by atoms with Gasteiger partial charge in [-0.1, -0.05) is 0 Å². The minimum atomic E-state index is -0.0722. The van der Waals surface area contributed by atoms with Crippen LogP contribution in [0.5, 0.6) is 0 Å². The summed E-state index contributed by atoms with van der Waals surface area (Å²) in [5, 5.41) is 3.27. The summed E-state index contributed by atoms with van der Waals surface area (Å²) in [5.41, 5.74) is 0.118.